The van der Waals surface area contributed by atoms with Crippen LogP contribution in [0.25, 0.3) is 0 Å². The number of rotatable bonds is 22. The van der Waals surface area contributed by atoms with Gasteiger partial charge >= 0.3 is 5.97 Å². The highest BCUT2D eigenvalue weighted by Crippen LogP contribution is 2.11. The largest absolute Gasteiger partial charge is 0.467 e. The van der Waals surface area contributed by atoms with E-state index in [2.05, 4.69) is 26.2 Å². The molecular weight excluding hydrogens is 417 g/mol. The number of carbonyl (C=O) groups excluding carboxylic acids is 3. The van der Waals surface area contributed by atoms with Crippen molar-refractivity contribution in [1.82, 2.24) is 26.2 Å². The van der Waals surface area contributed by atoms with Gasteiger partial charge in [0, 0.05) is 6.42 Å². The van der Waals surface area contributed by atoms with Crippen LogP contribution in [0.4, 0.5) is 0 Å². The van der Waals surface area contributed by atoms with Crippen molar-refractivity contribution < 1.29 is 19.1 Å². The Balaban J connectivity index is 4.40. The maximum absolute atomic E-state index is 12.5. The Hall–Kier alpha value is -1.29. The molecule has 0 spiro atoms. The van der Waals surface area contributed by atoms with E-state index in [-0.39, 0.29) is 17.7 Å². The van der Waals surface area contributed by atoms with Gasteiger partial charge in [-0.1, -0.05) is 25.7 Å². The van der Waals surface area contributed by atoms with Gasteiger partial charge in [0.2, 0.25) is 5.91 Å². The van der Waals surface area contributed by atoms with E-state index in [4.69, 9.17) is 36.7 Å². The lowest BCUT2D eigenvalue weighted by Crippen LogP contribution is -2.50. The van der Waals surface area contributed by atoms with E-state index in [1.165, 1.54) is 7.11 Å². The predicted molar refractivity (Wildman–Crippen MR) is 133 cm³/mol. The van der Waals surface area contributed by atoms with Gasteiger partial charge in [0.25, 0.3) is 0 Å². The molecule has 0 bridgehead atoms. The van der Waals surface area contributed by atoms with E-state index in [1.54, 1.807) is 0 Å². The topological polar surface area (TPSA) is 121 Å². The Bertz CT molecular complexity index is 549. The van der Waals surface area contributed by atoms with Gasteiger partial charge in [-0.15, -0.1) is 0 Å². The number of ether oxygens (including phenoxy) is 1. The Morgan fingerprint density at radius 1 is 0.697 bits per heavy atom. The van der Waals surface area contributed by atoms with Gasteiger partial charge in [-0.05, 0) is 51.6 Å². The molecule has 0 aromatic carbocycles. The third-order valence-electron chi connectivity index (χ3n) is 5.45. The van der Waals surface area contributed by atoms with E-state index < -0.39 is 18.1 Å². The molecular formula is C20H37B4N5O4. The monoisotopic (exact) mass is 455 g/mol. The Morgan fingerprint density at radius 3 is 1.73 bits per heavy atom. The average molecular weight is 455 g/mol. The summed E-state index contributed by atoms with van der Waals surface area (Å²) >= 11 is 0. The van der Waals surface area contributed by atoms with E-state index in [9.17, 15) is 14.4 Å². The van der Waals surface area contributed by atoms with Crippen molar-refractivity contribution in [2.45, 2.75) is 88.8 Å². The van der Waals surface area contributed by atoms with Crippen molar-refractivity contribution >= 4 is 49.6 Å². The number of carbonyl (C=O) groups is 3. The molecule has 0 heterocycles. The summed E-state index contributed by atoms with van der Waals surface area (Å²) in [5.41, 5.74) is 0. The molecule has 0 aliphatic heterocycles. The molecule has 0 aliphatic carbocycles. The van der Waals surface area contributed by atoms with Gasteiger partial charge in [0.1, 0.15) is 11.8 Å². The van der Waals surface area contributed by atoms with Crippen LogP contribution < -0.4 is 26.2 Å². The highest BCUT2D eigenvalue weighted by Gasteiger charge is 2.25. The smallest absolute Gasteiger partial charge is 0.328 e. The molecule has 178 valence electrons. The van der Waals surface area contributed by atoms with Crippen molar-refractivity contribution in [1.29, 1.82) is 0 Å². The molecule has 1 amide bonds. The molecule has 8 radical (unpaired) electrons. The zero-order chi connectivity index (χ0) is 24.9. The number of hydrogen-bond acceptors (Lipinski definition) is 8. The maximum Gasteiger partial charge on any atom is 0.328 e. The Labute approximate surface area is 204 Å². The van der Waals surface area contributed by atoms with Crippen LogP contribution in [0.15, 0.2) is 0 Å². The predicted octanol–water partition coefficient (Wildman–Crippen LogP) is -1.07. The number of Topliss-reactive ketones (excluding diaryl/α,β-unsaturated/α-hetero) is 1. The van der Waals surface area contributed by atoms with Gasteiger partial charge in [0.15, 0.2) is 31.9 Å². The van der Waals surface area contributed by atoms with E-state index in [0.717, 1.165) is 32.1 Å². The van der Waals surface area contributed by atoms with E-state index >= 15 is 0 Å². The van der Waals surface area contributed by atoms with Crippen LogP contribution in [0.3, 0.4) is 0 Å². The molecule has 13 heteroatoms. The summed E-state index contributed by atoms with van der Waals surface area (Å²) in [5.74, 6) is -0.801. The lowest BCUT2D eigenvalue weighted by atomic mass is 9.98. The highest BCUT2D eigenvalue weighted by atomic mass is 16.5. The van der Waals surface area contributed by atoms with Crippen molar-refractivity contribution in [3.8, 4) is 0 Å². The van der Waals surface area contributed by atoms with Crippen LogP contribution in [0, 0.1) is 0 Å². The number of nitrogens with one attached hydrogen (secondary N) is 5. The zero-order valence-electron chi connectivity index (χ0n) is 19.9. The summed E-state index contributed by atoms with van der Waals surface area (Å²) < 4.78 is 4.82. The lowest BCUT2D eigenvalue weighted by Gasteiger charge is -2.21. The number of methoxy groups -OCH3 is 1. The van der Waals surface area contributed by atoms with Gasteiger partial charge in [-0.2, -0.15) is 0 Å². The van der Waals surface area contributed by atoms with E-state index in [0.29, 0.717) is 51.6 Å². The van der Waals surface area contributed by atoms with Crippen LogP contribution in [0.2, 0.25) is 0 Å². The second kappa shape index (κ2) is 21.3. The van der Waals surface area contributed by atoms with Crippen LogP contribution in [-0.2, 0) is 19.1 Å². The first-order chi connectivity index (χ1) is 15.9. The van der Waals surface area contributed by atoms with Crippen molar-refractivity contribution in [2.24, 2.45) is 0 Å². The molecule has 0 fully saturated rings. The fraction of sp³-hybridized carbons (Fsp3) is 0.850. The summed E-state index contributed by atoms with van der Waals surface area (Å²) in [5, 5.41) is 12.9. The molecule has 0 saturated heterocycles. The second-order valence-corrected chi connectivity index (χ2v) is 7.99. The first kappa shape index (κ1) is 31.7. The van der Waals surface area contributed by atoms with Gasteiger partial charge in [-0.25, -0.2) is 4.79 Å². The minimum Gasteiger partial charge on any atom is -0.467 e. The minimum atomic E-state index is -0.769. The Kier molecular flexibility index (Phi) is 20.4. The summed E-state index contributed by atoms with van der Waals surface area (Å²) in [6.07, 6.45) is 7.28. The van der Waals surface area contributed by atoms with Crippen molar-refractivity contribution in [2.75, 3.05) is 20.2 Å². The molecule has 0 saturated carbocycles. The standard InChI is InChI=1S/C20H37B4N5O4/c1-33-20(32)17(27-19(31)16(29-24)10-6-8-14-26-22)11-3-2-4-12-18(30)15(28-23)9-5-7-13-25-21/h15-17,25-26,28-29H,2-14H2,1H3,(H,27,31). The van der Waals surface area contributed by atoms with Crippen LogP contribution >= 0.6 is 0 Å². The second-order valence-electron chi connectivity index (χ2n) is 7.99. The fourth-order valence-corrected chi connectivity index (χ4v) is 3.44. The molecule has 0 rings (SSSR count). The number of esters is 1. The molecule has 5 N–H and O–H groups in total. The van der Waals surface area contributed by atoms with Crippen LogP contribution in [0.1, 0.15) is 70.6 Å². The van der Waals surface area contributed by atoms with Crippen LogP contribution in [-0.4, -0.2) is 87.9 Å². The molecule has 0 aliphatic rings. The quantitative estimate of drug-likeness (QED) is 0.0797. The fourth-order valence-electron chi connectivity index (χ4n) is 3.44. The van der Waals surface area contributed by atoms with Crippen molar-refractivity contribution in [3.63, 3.8) is 0 Å². The minimum absolute atomic E-state index is 0.0673. The molecule has 0 aromatic rings. The third-order valence-corrected chi connectivity index (χ3v) is 5.45. The molecule has 0 aromatic heterocycles. The van der Waals surface area contributed by atoms with Gasteiger partial charge < -0.3 is 31.0 Å². The summed E-state index contributed by atoms with van der Waals surface area (Å²) in [6, 6.07) is -1.76. The molecule has 9 nitrogen and oxygen atoms in total. The van der Waals surface area contributed by atoms with Crippen LogP contribution in [0.5, 0.6) is 0 Å². The zero-order valence-corrected chi connectivity index (χ0v) is 19.9. The molecule has 3 unspecified atom stereocenters. The Morgan fingerprint density at radius 2 is 1.21 bits per heavy atom. The number of unbranched alkanes of at least 4 members (excludes halogenated alkanes) is 4. The van der Waals surface area contributed by atoms with E-state index in [1.807, 2.05) is 0 Å². The SMILES string of the molecule is [B]NCCCCC(N[B])C(=O)CCCCCC(NC(=O)C(CCCCN[B])N[B])C(=O)OC. The summed E-state index contributed by atoms with van der Waals surface area (Å²) in [4.78, 5) is 36.9. The lowest BCUT2D eigenvalue weighted by molar-refractivity contribution is -0.145. The summed E-state index contributed by atoms with van der Waals surface area (Å²) in [6.45, 7) is 1.33. The van der Waals surface area contributed by atoms with Crippen molar-refractivity contribution in [3.05, 3.63) is 0 Å². The average Bonchev–Trinajstić information content (AvgIpc) is 2.82. The van der Waals surface area contributed by atoms with Gasteiger partial charge in [-0.3, -0.25) is 9.59 Å². The normalized spacial score (nSPS) is 13.7. The molecule has 3 atom stereocenters. The van der Waals surface area contributed by atoms with Gasteiger partial charge in [0.05, 0.1) is 19.2 Å². The molecule has 33 heavy (non-hydrogen) atoms. The number of amides is 1. The number of hydrogen-bond donors (Lipinski definition) is 5. The first-order valence-corrected chi connectivity index (χ1v) is 11.6. The summed E-state index contributed by atoms with van der Waals surface area (Å²) in [7, 11) is 22.8. The maximum atomic E-state index is 12.5. The third kappa shape index (κ3) is 15.3. The first-order valence-electron chi connectivity index (χ1n) is 11.6. The highest BCUT2D eigenvalue weighted by molar-refractivity contribution is 6.07. The number of ketones is 1.